The van der Waals surface area contributed by atoms with Crippen LogP contribution in [0.25, 0.3) is 0 Å². The standard InChI is InChI=1S/C17H22Cl2N4O6/c1-28-10-22-12(18)8-14(24)20(16(22)26)6-4-3-5-7-21-15(25)9-13(19)23(11-29-2)17(21)27/h8-9H,3-7,10-11H2,1-2H3. The van der Waals surface area contributed by atoms with Crippen LogP contribution in [-0.2, 0) is 36.0 Å². The normalized spacial score (nSPS) is 11.2. The van der Waals surface area contributed by atoms with Gasteiger partial charge in [-0.3, -0.25) is 27.9 Å². The predicted molar refractivity (Wildman–Crippen MR) is 108 cm³/mol. The van der Waals surface area contributed by atoms with Crippen molar-refractivity contribution < 1.29 is 9.47 Å². The minimum atomic E-state index is -0.555. The van der Waals surface area contributed by atoms with Gasteiger partial charge in [-0.25, -0.2) is 9.59 Å². The minimum absolute atomic E-state index is 0.00699. The van der Waals surface area contributed by atoms with Gasteiger partial charge < -0.3 is 9.47 Å². The second-order valence-electron chi connectivity index (χ2n) is 6.23. The molecule has 12 heteroatoms. The maximum Gasteiger partial charge on any atom is 0.334 e. The van der Waals surface area contributed by atoms with Gasteiger partial charge in [0.05, 0.1) is 0 Å². The molecule has 0 fully saturated rings. The molecule has 160 valence electrons. The van der Waals surface area contributed by atoms with Gasteiger partial charge in [0.25, 0.3) is 11.1 Å². The molecule has 0 saturated carbocycles. The summed E-state index contributed by atoms with van der Waals surface area (Å²) < 4.78 is 14.3. The van der Waals surface area contributed by atoms with Crippen LogP contribution in [0, 0.1) is 0 Å². The van der Waals surface area contributed by atoms with Crippen molar-refractivity contribution in [1.29, 1.82) is 0 Å². The second kappa shape index (κ2) is 10.6. The van der Waals surface area contributed by atoms with E-state index < -0.39 is 22.5 Å². The molecule has 0 unspecified atom stereocenters. The number of ether oxygens (including phenoxy) is 2. The maximum absolute atomic E-state index is 12.4. The number of hydrogen-bond acceptors (Lipinski definition) is 6. The molecular formula is C17H22Cl2N4O6. The van der Waals surface area contributed by atoms with Gasteiger partial charge in [-0.2, -0.15) is 0 Å². The van der Waals surface area contributed by atoms with E-state index in [0.29, 0.717) is 19.3 Å². The molecule has 0 aliphatic rings. The Morgan fingerprint density at radius 1 is 0.690 bits per heavy atom. The van der Waals surface area contributed by atoms with Gasteiger partial charge in [0.15, 0.2) is 0 Å². The number of rotatable bonds is 10. The Labute approximate surface area is 175 Å². The molecule has 0 saturated heterocycles. The van der Waals surface area contributed by atoms with Crippen LogP contribution in [0.2, 0.25) is 10.3 Å². The second-order valence-corrected chi connectivity index (χ2v) is 7.01. The summed E-state index contributed by atoms with van der Waals surface area (Å²) in [4.78, 5) is 48.8. The summed E-state index contributed by atoms with van der Waals surface area (Å²) in [7, 11) is 2.83. The molecule has 0 radical (unpaired) electrons. The molecule has 0 aromatic carbocycles. The fourth-order valence-electron chi connectivity index (χ4n) is 2.80. The van der Waals surface area contributed by atoms with E-state index in [0.717, 1.165) is 30.4 Å². The van der Waals surface area contributed by atoms with Crippen molar-refractivity contribution in [2.24, 2.45) is 0 Å². The van der Waals surface area contributed by atoms with E-state index in [2.05, 4.69) is 0 Å². The lowest BCUT2D eigenvalue weighted by Gasteiger charge is -2.12. The van der Waals surface area contributed by atoms with Gasteiger partial charge in [0.1, 0.15) is 23.8 Å². The summed E-state index contributed by atoms with van der Waals surface area (Å²) in [6.07, 6.45) is 1.58. The van der Waals surface area contributed by atoms with Crippen molar-refractivity contribution >= 4 is 23.2 Å². The first kappa shape index (κ1) is 23.1. The zero-order valence-electron chi connectivity index (χ0n) is 16.1. The van der Waals surface area contributed by atoms with Gasteiger partial charge in [-0.05, 0) is 19.3 Å². The van der Waals surface area contributed by atoms with E-state index >= 15 is 0 Å². The SMILES string of the molecule is COCn1c(Cl)cc(=O)n(CCCCCn2c(=O)cc(Cl)n(COC)c2=O)c1=O. The van der Waals surface area contributed by atoms with Crippen LogP contribution in [-0.4, -0.2) is 32.5 Å². The molecule has 0 aliphatic heterocycles. The quantitative estimate of drug-likeness (QED) is 0.391. The van der Waals surface area contributed by atoms with E-state index in [1.54, 1.807) is 0 Å². The van der Waals surface area contributed by atoms with Crippen LogP contribution < -0.4 is 22.5 Å². The molecule has 29 heavy (non-hydrogen) atoms. The predicted octanol–water partition coefficient (Wildman–Crippen LogP) is 0.719. The number of unbranched alkanes of at least 4 members (excludes halogenated alkanes) is 2. The van der Waals surface area contributed by atoms with Gasteiger partial charge >= 0.3 is 11.4 Å². The molecule has 2 aromatic rings. The smallest absolute Gasteiger partial charge is 0.334 e. The monoisotopic (exact) mass is 448 g/mol. The Kier molecular flexibility index (Phi) is 8.45. The molecule has 0 amide bonds. The third-order valence-electron chi connectivity index (χ3n) is 4.24. The largest absolute Gasteiger partial charge is 0.364 e. The molecule has 2 aromatic heterocycles. The molecule has 0 atom stereocenters. The van der Waals surface area contributed by atoms with Crippen molar-refractivity contribution in [1.82, 2.24) is 18.3 Å². The van der Waals surface area contributed by atoms with Crippen LogP contribution in [0.1, 0.15) is 19.3 Å². The van der Waals surface area contributed by atoms with Gasteiger partial charge in [-0.1, -0.05) is 23.2 Å². The molecule has 2 rings (SSSR count). The summed E-state index contributed by atoms with van der Waals surface area (Å²) in [6.45, 7) is 0.236. The molecule has 0 aliphatic carbocycles. The lowest BCUT2D eigenvalue weighted by Crippen LogP contribution is -2.40. The zero-order chi connectivity index (χ0) is 21.6. The number of hydrogen-bond donors (Lipinski definition) is 0. The summed E-state index contributed by atoms with van der Waals surface area (Å²) in [5.74, 6) is 0. The highest BCUT2D eigenvalue weighted by molar-refractivity contribution is 6.29. The maximum atomic E-state index is 12.4. The molecule has 0 bridgehead atoms. The van der Waals surface area contributed by atoms with E-state index in [1.165, 1.54) is 14.2 Å². The van der Waals surface area contributed by atoms with Crippen molar-refractivity contribution in [3.63, 3.8) is 0 Å². The van der Waals surface area contributed by atoms with Gasteiger partial charge in [-0.15, -0.1) is 0 Å². The summed E-state index contributed by atoms with van der Waals surface area (Å²) in [5.41, 5.74) is -2.10. The van der Waals surface area contributed by atoms with Crippen LogP contribution in [0.3, 0.4) is 0 Å². The molecular weight excluding hydrogens is 427 g/mol. The average molecular weight is 449 g/mol. The van der Waals surface area contributed by atoms with E-state index in [9.17, 15) is 19.2 Å². The van der Waals surface area contributed by atoms with E-state index in [4.69, 9.17) is 32.7 Å². The molecule has 10 nitrogen and oxygen atoms in total. The topological polar surface area (TPSA) is 106 Å². The Hall–Kier alpha value is -2.14. The summed E-state index contributed by atoms with van der Waals surface area (Å²) in [5, 5.41) is 0.0140. The van der Waals surface area contributed by atoms with Crippen LogP contribution in [0.4, 0.5) is 0 Å². The molecule has 2 heterocycles. The van der Waals surface area contributed by atoms with Crippen molar-refractivity contribution in [2.75, 3.05) is 14.2 Å². The molecule has 0 spiro atoms. The fourth-order valence-corrected chi connectivity index (χ4v) is 3.23. The molecule has 0 N–H and O–H groups in total. The van der Waals surface area contributed by atoms with Crippen LogP contribution in [0.15, 0.2) is 31.3 Å². The Balaban J connectivity index is 2.03. The van der Waals surface area contributed by atoms with E-state index in [-0.39, 0.29) is 36.9 Å². The minimum Gasteiger partial charge on any atom is -0.364 e. The number of methoxy groups -OCH3 is 2. The first-order valence-corrected chi connectivity index (χ1v) is 9.55. The highest BCUT2D eigenvalue weighted by Gasteiger charge is 2.11. The number of aromatic nitrogens is 4. The van der Waals surface area contributed by atoms with Crippen molar-refractivity contribution in [3.05, 3.63) is 64.1 Å². The first-order chi connectivity index (χ1) is 13.8. The highest BCUT2D eigenvalue weighted by atomic mass is 35.5. The Bertz CT molecular complexity index is 1000. The third kappa shape index (κ3) is 5.47. The summed E-state index contributed by atoms with van der Waals surface area (Å²) in [6, 6.07) is 2.32. The average Bonchev–Trinajstić information content (AvgIpc) is 2.66. The Morgan fingerprint density at radius 3 is 1.41 bits per heavy atom. The fraction of sp³-hybridized carbons (Fsp3) is 0.529. The van der Waals surface area contributed by atoms with Crippen molar-refractivity contribution in [3.8, 4) is 0 Å². The third-order valence-corrected chi connectivity index (χ3v) is 4.86. The van der Waals surface area contributed by atoms with Crippen LogP contribution in [0.5, 0.6) is 0 Å². The highest BCUT2D eigenvalue weighted by Crippen LogP contribution is 2.04. The van der Waals surface area contributed by atoms with Crippen LogP contribution >= 0.6 is 23.2 Å². The number of halogens is 2. The number of nitrogens with zero attached hydrogens (tertiary/aromatic N) is 4. The zero-order valence-corrected chi connectivity index (χ0v) is 17.6. The lowest BCUT2D eigenvalue weighted by molar-refractivity contribution is 0.125. The summed E-state index contributed by atoms with van der Waals surface area (Å²) >= 11 is 11.8. The van der Waals surface area contributed by atoms with Crippen molar-refractivity contribution in [2.45, 2.75) is 45.8 Å². The van der Waals surface area contributed by atoms with Gasteiger partial charge in [0.2, 0.25) is 0 Å². The first-order valence-electron chi connectivity index (χ1n) is 8.80. The van der Waals surface area contributed by atoms with Gasteiger partial charge in [0, 0.05) is 39.4 Å². The lowest BCUT2D eigenvalue weighted by atomic mass is 10.2. The Morgan fingerprint density at radius 2 is 1.07 bits per heavy atom. The van der Waals surface area contributed by atoms with E-state index in [1.807, 2.05) is 0 Å².